The number of hydrogen-bond donors (Lipinski definition) is 1. The first-order valence-electron chi connectivity index (χ1n) is 8.29. The SMILES string of the molecule is CCN(CC)c1ccc(C(CN)S(=O)(=O)c2ccc(C)cc2)cc1. The van der Waals surface area contributed by atoms with Gasteiger partial charge in [0.15, 0.2) is 9.84 Å². The molecule has 1 unspecified atom stereocenters. The Morgan fingerprint density at radius 1 is 0.958 bits per heavy atom. The minimum absolute atomic E-state index is 0.0564. The Hall–Kier alpha value is -1.85. The summed E-state index contributed by atoms with van der Waals surface area (Å²) in [5.41, 5.74) is 8.67. The zero-order valence-corrected chi connectivity index (χ0v) is 15.4. The zero-order chi connectivity index (χ0) is 17.7. The summed E-state index contributed by atoms with van der Waals surface area (Å²) >= 11 is 0. The monoisotopic (exact) mass is 346 g/mol. The van der Waals surface area contributed by atoms with Crippen molar-refractivity contribution in [3.8, 4) is 0 Å². The first kappa shape index (κ1) is 18.5. The Morgan fingerprint density at radius 3 is 1.96 bits per heavy atom. The fraction of sp³-hybridized carbons (Fsp3) is 0.368. The van der Waals surface area contributed by atoms with Gasteiger partial charge in [-0.15, -0.1) is 0 Å². The van der Waals surface area contributed by atoms with Crippen molar-refractivity contribution < 1.29 is 8.42 Å². The molecule has 2 aromatic rings. The van der Waals surface area contributed by atoms with Gasteiger partial charge in [-0.2, -0.15) is 0 Å². The normalized spacial score (nSPS) is 12.8. The molecule has 2 N–H and O–H groups in total. The van der Waals surface area contributed by atoms with E-state index in [2.05, 4.69) is 18.7 Å². The summed E-state index contributed by atoms with van der Waals surface area (Å²) in [6, 6.07) is 14.6. The number of sulfone groups is 1. The molecule has 24 heavy (non-hydrogen) atoms. The van der Waals surface area contributed by atoms with E-state index in [1.54, 1.807) is 12.1 Å². The summed E-state index contributed by atoms with van der Waals surface area (Å²) in [5.74, 6) is 0. The molecule has 0 aliphatic rings. The molecule has 0 amide bonds. The molecule has 0 fully saturated rings. The standard InChI is InChI=1S/C19H26N2O2S/c1-4-21(5-2)17-10-8-16(9-11-17)19(14-20)24(22,23)18-12-6-15(3)7-13-18/h6-13,19H,4-5,14,20H2,1-3H3. The van der Waals surface area contributed by atoms with Crippen molar-refractivity contribution in [2.75, 3.05) is 24.5 Å². The Balaban J connectivity index is 2.35. The Morgan fingerprint density at radius 2 is 1.50 bits per heavy atom. The minimum Gasteiger partial charge on any atom is -0.372 e. The number of nitrogens with two attached hydrogens (primary N) is 1. The van der Waals surface area contributed by atoms with Crippen LogP contribution in [-0.4, -0.2) is 28.1 Å². The van der Waals surface area contributed by atoms with E-state index in [1.807, 2.05) is 43.3 Å². The Bertz CT molecular complexity index is 749. The second-order valence-electron chi connectivity index (χ2n) is 5.85. The van der Waals surface area contributed by atoms with Crippen LogP contribution in [0.5, 0.6) is 0 Å². The maximum absolute atomic E-state index is 12.9. The molecule has 0 aromatic heterocycles. The fourth-order valence-electron chi connectivity index (χ4n) is 2.82. The predicted octanol–water partition coefficient (Wildman–Crippen LogP) is 3.31. The molecule has 2 rings (SSSR count). The molecule has 0 radical (unpaired) electrons. The molecule has 0 bridgehead atoms. The van der Waals surface area contributed by atoms with E-state index < -0.39 is 15.1 Å². The molecule has 130 valence electrons. The lowest BCUT2D eigenvalue weighted by Crippen LogP contribution is -2.23. The van der Waals surface area contributed by atoms with Gasteiger partial charge in [-0.1, -0.05) is 29.8 Å². The van der Waals surface area contributed by atoms with Crippen molar-refractivity contribution >= 4 is 15.5 Å². The van der Waals surface area contributed by atoms with Crippen LogP contribution < -0.4 is 10.6 Å². The molecule has 0 spiro atoms. The molecule has 1 atom stereocenters. The highest BCUT2D eigenvalue weighted by atomic mass is 32.2. The first-order valence-corrected chi connectivity index (χ1v) is 9.84. The summed E-state index contributed by atoms with van der Waals surface area (Å²) in [4.78, 5) is 2.53. The average molecular weight is 346 g/mol. The number of rotatable bonds is 7. The number of benzene rings is 2. The van der Waals surface area contributed by atoms with Crippen LogP contribution in [0.1, 0.15) is 30.2 Å². The molecular weight excluding hydrogens is 320 g/mol. The van der Waals surface area contributed by atoms with Gasteiger partial charge in [0.25, 0.3) is 0 Å². The smallest absolute Gasteiger partial charge is 0.186 e. The highest BCUT2D eigenvalue weighted by Crippen LogP contribution is 2.29. The third-order valence-corrected chi connectivity index (χ3v) is 6.47. The molecule has 0 aliphatic heterocycles. The fourth-order valence-corrected chi connectivity index (χ4v) is 4.44. The van der Waals surface area contributed by atoms with Crippen LogP contribution in [0.15, 0.2) is 53.4 Å². The van der Waals surface area contributed by atoms with E-state index in [-0.39, 0.29) is 6.54 Å². The summed E-state index contributed by atoms with van der Waals surface area (Å²) in [5, 5.41) is -0.731. The van der Waals surface area contributed by atoms with Gasteiger partial charge in [-0.05, 0) is 50.6 Å². The molecule has 0 heterocycles. The van der Waals surface area contributed by atoms with Gasteiger partial charge >= 0.3 is 0 Å². The van der Waals surface area contributed by atoms with Crippen LogP contribution in [-0.2, 0) is 9.84 Å². The van der Waals surface area contributed by atoms with Gasteiger partial charge in [-0.3, -0.25) is 0 Å². The van der Waals surface area contributed by atoms with Crippen molar-refractivity contribution in [2.45, 2.75) is 30.9 Å². The Labute approximate surface area is 145 Å². The molecule has 0 aliphatic carbocycles. The van der Waals surface area contributed by atoms with Crippen molar-refractivity contribution in [1.82, 2.24) is 0 Å². The number of hydrogen-bond acceptors (Lipinski definition) is 4. The Kier molecular flexibility index (Phi) is 6.02. The van der Waals surface area contributed by atoms with Gasteiger partial charge in [0.05, 0.1) is 4.90 Å². The summed E-state index contributed by atoms with van der Waals surface area (Å²) < 4.78 is 25.8. The molecule has 0 saturated carbocycles. The van der Waals surface area contributed by atoms with Crippen LogP contribution in [0.25, 0.3) is 0 Å². The van der Waals surface area contributed by atoms with Crippen molar-refractivity contribution in [3.63, 3.8) is 0 Å². The lowest BCUT2D eigenvalue weighted by molar-refractivity contribution is 0.582. The van der Waals surface area contributed by atoms with Gasteiger partial charge in [-0.25, -0.2) is 8.42 Å². The van der Waals surface area contributed by atoms with E-state index in [4.69, 9.17) is 5.73 Å². The third kappa shape index (κ3) is 3.79. The van der Waals surface area contributed by atoms with E-state index in [9.17, 15) is 8.42 Å². The maximum Gasteiger partial charge on any atom is 0.186 e. The topological polar surface area (TPSA) is 63.4 Å². The zero-order valence-electron chi connectivity index (χ0n) is 14.6. The van der Waals surface area contributed by atoms with Crippen molar-refractivity contribution in [3.05, 3.63) is 59.7 Å². The molecule has 4 nitrogen and oxygen atoms in total. The maximum atomic E-state index is 12.9. The third-order valence-electron chi connectivity index (χ3n) is 4.33. The van der Waals surface area contributed by atoms with Crippen LogP contribution >= 0.6 is 0 Å². The lowest BCUT2D eigenvalue weighted by atomic mass is 10.1. The molecule has 5 heteroatoms. The largest absolute Gasteiger partial charge is 0.372 e. The second-order valence-corrected chi connectivity index (χ2v) is 7.98. The van der Waals surface area contributed by atoms with Crippen LogP contribution in [0.3, 0.4) is 0 Å². The average Bonchev–Trinajstić information content (AvgIpc) is 2.58. The number of anilines is 1. The summed E-state index contributed by atoms with van der Waals surface area (Å²) in [6.45, 7) is 8.02. The van der Waals surface area contributed by atoms with E-state index in [0.717, 1.165) is 29.9 Å². The molecular formula is C19H26N2O2S. The van der Waals surface area contributed by atoms with Crippen LogP contribution in [0, 0.1) is 6.92 Å². The predicted molar refractivity (Wildman–Crippen MR) is 100 cm³/mol. The minimum atomic E-state index is -3.50. The van der Waals surface area contributed by atoms with Gasteiger partial charge in [0.2, 0.25) is 0 Å². The van der Waals surface area contributed by atoms with Crippen molar-refractivity contribution in [2.24, 2.45) is 5.73 Å². The quantitative estimate of drug-likeness (QED) is 0.835. The van der Waals surface area contributed by atoms with Gasteiger partial charge < -0.3 is 10.6 Å². The van der Waals surface area contributed by atoms with Gasteiger partial charge in [0, 0.05) is 25.3 Å². The van der Waals surface area contributed by atoms with E-state index in [0.29, 0.717) is 4.90 Å². The summed E-state index contributed by atoms with van der Waals surface area (Å²) in [6.07, 6.45) is 0. The van der Waals surface area contributed by atoms with Gasteiger partial charge in [0.1, 0.15) is 5.25 Å². The number of nitrogens with zero attached hydrogens (tertiary/aromatic N) is 1. The van der Waals surface area contributed by atoms with Crippen LogP contribution in [0.4, 0.5) is 5.69 Å². The summed E-state index contributed by atoms with van der Waals surface area (Å²) in [7, 11) is -3.50. The van der Waals surface area contributed by atoms with E-state index >= 15 is 0 Å². The van der Waals surface area contributed by atoms with Crippen LogP contribution in [0.2, 0.25) is 0 Å². The highest BCUT2D eigenvalue weighted by molar-refractivity contribution is 7.91. The van der Waals surface area contributed by atoms with E-state index in [1.165, 1.54) is 0 Å². The first-order chi connectivity index (χ1) is 11.4. The lowest BCUT2D eigenvalue weighted by Gasteiger charge is -2.22. The molecule has 2 aromatic carbocycles. The second kappa shape index (κ2) is 7.81. The number of aryl methyl sites for hydroxylation is 1. The van der Waals surface area contributed by atoms with Crippen molar-refractivity contribution in [1.29, 1.82) is 0 Å². The highest BCUT2D eigenvalue weighted by Gasteiger charge is 2.27. The molecule has 0 saturated heterocycles.